The first-order valence-corrected chi connectivity index (χ1v) is 7.84. The molecule has 1 amide bonds. The number of carbonyl (C=O) groups excluding carboxylic acids is 1. The van der Waals surface area contributed by atoms with Gasteiger partial charge in [0.25, 0.3) is 5.91 Å². The molecule has 1 aliphatic rings. The summed E-state index contributed by atoms with van der Waals surface area (Å²) >= 11 is 0. The number of nitrogens with zero attached hydrogens (tertiary/aromatic N) is 3. The van der Waals surface area contributed by atoms with Crippen molar-refractivity contribution >= 4 is 11.9 Å². The third-order valence-electron chi connectivity index (χ3n) is 4.40. The van der Waals surface area contributed by atoms with Crippen molar-refractivity contribution in [1.29, 1.82) is 0 Å². The van der Waals surface area contributed by atoms with Gasteiger partial charge in [0, 0.05) is 30.9 Å². The van der Waals surface area contributed by atoms with Crippen LogP contribution in [0.2, 0.25) is 0 Å². The highest BCUT2D eigenvalue weighted by molar-refractivity contribution is 5.94. The number of likely N-dealkylation sites (tertiary alicyclic amines) is 1. The maximum atomic E-state index is 12.6. The summed E-state index contributed by atoms with van der Waals surface area (Å²) in [6.45, 7) is 10.9. The first kappa shape index (κ1) is 16.7. The Morgan fingerprint density at radius 3 is 2.41 bits per heavy atom. The summed E-state index contributed by atoms with van der Waals surface area (Å²) in [7, 11) is 0. The predicted octanol–water partition coefficient (Wildman–Crippen LogP) is 1.78. The molecule has 2 N–H and O–H groups in total. The topological polar surface area (TPSA) is 78.4 Å². The van der Waals surface area contributed by atoms with Crippen LogP contribution in [0, 0.1) is 11.8 Å². The van der Waals surface area contributed by atoms with Gasteiger partial charge in [-0.25, -0.2) is 9.97 Å². The van der Waals surface area contributed by atoms with Crippen LogP contribution in [-0.2, 0) is 0 Å². The minimum atomic E-state index is -0.824. The summed E-state index contributed by atoms with van der Waals surface area (Å²) in [5.41, 5.74) is -0.371. The maximum absolute atomic E-state index is 12.6. The van der Waals surface area contributed by atoms with Gasteiger partial charge in [0.1, 0.15) is 0 Å². The molecule has 0 radical (unpaired) electrons. The van der Waals surface area contributed by atoms with E-state index in [1.165, 1.54) is 12.4 Å². The molecule has 0 aliphatic carbocycles. The highest BCUT2D eigenvalue weighted by atomic mass is 16.3. The van der Waals surface area contributed by atoms with Crippen LogP contribution in [0.25, 0.3) is 0 Å². The van der Waals surface area contributed by atoms with Gasteiger partial charge in [-0.2, -0.15) is 0 Å². The van der Waals surface area contributed by atoms with E-state index in [0.717, 1.165) is 0 Å². The molecule has 6 nitrogen and oxygen atoms in total. The molecule has 22 heavy (non-hydrogen) atoms. The molecular formula is C16H26N4O2. The molecule has 1 saturated heterocycles. The minimum absolute atomic E-state index is 0.0549. The number of hydrogen-bond acceptors (Lipinski definition) is 5. The monoisotopic (exact) mass is 306 g/mol. The number of rotatable bonds is 4. The molecule has 0 unspecified atom stereocenters. The molecule has 0 spiro atoms. The number of hydrogen-bond donors (Lipinski definition) is 2. The van der Waals surface area contributed by atoms with Gasteiger partial charge < -0.3 is 15.3 Å². The maximum Gasteiger partial charge on any atom is 0.257 e. The highest BCUT2D eigenvalue weighted by Crippen LogP contribution is 2.34. The number of nitrogens with one attached hydrogen (secondary N) is 1. The summed E-state index contributed by atoms with van der Waals surface area (Å²) in [5.74, 6) is 0.549. The van der Waals surface area contributed by atoms with Gasteiger partial charge in [0.15, 0.2) is 0 Å². The van der Waals surface area contributed by atoms with Crippen molar-refractivity contribution in [3.8, 4) is 0 Å². The summed E-state index contributed by atoms with van der Waals surface area (Å²) in [4.78, 5) is 22.6. The smallest absolute Gasteiger partial charge is 0.257 e. The van der Waals surface area contributed by atoms with Gasteiger partial charge in [0.2, 0.25) is 5.95 Å². The molecule has 6 heteroatoms. The van der Waals surface area contributed by atoms with Crippen molar-refractivity contribution in [1.82, 2.24) is 14.9 Å². The van der Waals surface area contributed by atoms with E-state index in [1.54, 1.807) is 4.90 Å². The Morgan fingerprint density at radius 2 is 1.95 bits per heavy atom. The number of amides is 1. The molecule has 122 valence electrons. The van der Waals surface area contributed by atoms with Crippen molar-refractivity contribution in [2.24, 2.45) is 11.8 Å². The van der Waals surface area contributed by atoms with Crippen molar-refractivity contribution in [3.05, 3.63) is 18.0 Å². The second-order valence-electron chi connectivity index (χ2n) is 6.83. The van der Waals surface area contributed by atoms with Gasteiger partial charge in [-0.05, 0) is 19.8 Å². The van der Waals surface area contributed by atoms with Crippen molar-refractivity contribution < 1.29 is 9.90 Å². The lowest BCUT2D eigenvalue weighted by Crippen LogP contribution is -2.43. The van der Waals surface area contributed by atoms with Crippen LogP contribution in [-0.4, -0.2) is 50.6 Å². The average molecular weight is 306 g/mol. The standard InChI is InChI=1S/C16H26N4O2/c1-10(2)16(22)9-20(8-12(16)5)14(21)13-6-17-15(18-7-13)19-11(3)4/h6-7,10-12,22H,8-9H2,1-5H3,(H,17,18,19)/t12-,16-/m0/s1. The molecular weight excluding hydrogens is 280 g/mol. The number of anilines is 1. The molecule has 2 heterocycles. The van der Waals surface area contributed by atoms with Crippen LogP contribution in [0.1, 0.15) is 45.0 Å². The van der Waals surface area contributed by atoms with Gasteiger partial charge in [-0.15, -0.1) is 0 Å². The van der Waals surface area contributed by atoms with Crippen molar-refractivity contribution in [2.75, 3.05) is 18.4 Å². The van der Waals surface area contributed by atoms with E-state index < -0.39 is 5.60 Å². The molecule has 0 aromatic carbocycles. The Labute approximate surface area is 132 Å². The molecule has 1 aromatic rings. The summed E-state index contributed by atoms with van der Waals surface area (Å²) < 4.78 is 0. The summed E-state index contributed by atoms with van der Waals surface area (Å²) in [6.07, 6.45) is 3.08. The normalized spacial score (nSPS) is 25.1. The van der Waals surface area contributed by atoms with Crippen LogP contribution >= 0.6 is 0 Å². The summed E-state index contributed by atoms with van der Waals surface area (Å²) in [5, 5.41) is 13.8. The lowest BCUT2D eigenvalue weighted by Gasteiger charge is -2.30. The second-order valence-corrected chi connectivity index (χ2v) is 6.83. The lowest BCUT2D eigenvalue weighted by atomic mass is 9.82. The number of aliphatic hydroxyl groups is 1. The van der Waals surface area contributed by atoms with Crippen LogP contribution in [0.15, 0.2) is 12.4 Å². The van der Waals surface area contributed by atoms with Gasteiger partial charge in [-0.1, -0.05) is 20.8 Å². The highest BCUT2D eigenvalue weighted by Gasteiger charge is 2.46. The Kier molecular flexibility index (Phi) is 4.70. The van der Waals surface area contributed by atoms with E-state index >= 15 is 0 Å². The number of carbonyl (C=O) groups is 1. The minimum Gasteiger partial charge on any atom is -0.387 e. The molecule has 2 rings (SSSR count). The van der Waals surface area contributed by atoms with Gasteiger partial charge in [-0.3, -0.25) is 4.79 Å². The van der Waals surface area contributed by atoms with Gasteiger partial charge >= 0.3 is 0 Å². The largest absolute Gasteiger partial charge is 0.387 e. The van der Waals surface area contributed by atoms with Crippen molar-refractivity contribution in [2.45, 2.75) is 46.3 Å². The van der Waals surface area contributed by atoms with Crippen molar-refractivity contribution in [3.63, 3.8) is 0 Å². The molecule has 1 aliphatic heterocycles. The number of β-amino-alcohol motifs (C(OH)–C–C–N with tert-alkyl or cyclic N) is 1. The fraction of sp³-hybridized carbons (Fsp3) is 0.688. The third kappa shape index (κ3) is 3.21. The first-order chi connectivity index (χ1) is 10.2. The fourth-order valence-corrected chi connectivity index (χ4v) is 2.87. The van der Waals surface area contributed by atoms with E-state index in [-0.39, 0.29) is 23.8 Å². The molecule has 0 bridgehead atoms. The molecule has 2 atom stereocenters. The zero-order valence-electron chi connectivity index (χ0n) is 14.0. The van der Waals surface area contributed by atoms with Crippen LogP contribution in [0.3, 0.4) is 0 Å². The lowest BCUT2D eigenvalue weighted by molar-refractivity contribution is -0.0243. The van der Waals surface area contributed by atoms with Gasteiger partial charge in [0.05, 0.1) is 17.7 Å². The Balaban J connectivity index is 2.09. The summed E-state index contributed by atoms with van der Waals surface area (Å²) in [6, 6.07) is 0.238. The second kappa shape index (κ2) is 6.20. The fourth-order valence-electron chi connectivity index (χ4n) is 2.87. The predicted molar refractivity (Wildman–Crippen MR) is 85.6 cm³/mol. The average Bonchev–Trinajstić information content (AvgIpc) is 2.75. The zero-order valence-corrected chi connectivity index (χ0v) is 14.0. The SMILES string of the molecule is CC(C)Nc1ncc(C(=O)N2C[C@H](C)[C@@](O)(C(C)C)C2)cn1. The quantitative estimate of drug-likeness (QED) is 0.886. The van der Waals surface area contributed by atoms with E-state index in [1.807, 2.05) is 34.6 Å². The third-order valence-corrected chi connectivity index (χ3v) is 4.40. The first-order valence-electron chi connectivity index (χ1n) is 7.84. The van der Waals surface area contributed by atoms with Crippen LogP contribution in [0.5, 0.6) is 0 Å². The van der Waals surface area contributed by atoms with E-state index in [0.29, 0.717) is 24.6 Å². The Morgan fingerprint density at radius 1 is 1.36 bits per heavy atom. The van der Waals surface area contributed by atoms with E-state index in [4.69, 9.17) is 0 Å². The Hall–Kier alpha value is -1.69. The van der Waals surface area contributed by atoms with E-state index in [2.05, 4.69) is 15.3 Å². The zero-order chi connectivity index (χ0) is 16.5. The molecule has 1 aromatic heterocycles. The molecule has 1 fully saturated rings. The van der Waals surface area contributed by atoms with Crippen LogP contribution < -0.4 is 5.32 Å². The van der Waals surface area contributed by atoms with Crippen LogP contribution in [0.4, 0.5) is 5.95 Å². The Bertz CT molecular complexity index is 529. The van der Waals surface area contributed by atoms with E-state index in [9.17, 15) is 9.90 Å². The molecule has 0 saturated carbocycles. The number of aromatic nitrogens is 2.